The van der Waals surface area contributed by atoms with Crippen molar-refractivity contribution < 1.29 is 4.79 Å². The van der Waals surface area contributed by atoms with Gasteiger partial charge in [0.1, 0.15) is 5.69 Å². The maximum absolute atomic E-state index is 11.7. The van der Waals surface area contributed by atoms with E-state index in [1.54, 1.807) is 12.3 Å². The number of aromatic amines is 1. The maximum atomic E-state index is 11.7. The summed E-state index contributed by atoms with van der Waals surface area (Å²) in [5.41, 5.74) is 3.43. The van der Waals surface area contributed by atoms with Gasteiger partial charge in [0.15, 0.2) is 0 Å². The lowest BCUT2D eigenvalue weighted by molar-refractivity contribution is 0.0767. The first-order valence-corrected chi connectivity index (χ1v) is 5.91. The molecule has 0 bridgehead atoms. The maximum Gasteiger partial charge on any atom is 0.283 e. The van der Waals surface area contributed by atoms with Gasteiger partial charge >= 0.3 is 0 Å². The Bertz CT molecular complexity index is 320. The van der Waals surface area contributed by atoms with Crippen LogP contribution in [0.4, 0.5) is 0 Å². The summed E-state index contributed by atoms with van der Waals surface area (Å²) in [4.78, 5) is 11.7. The summed E-state index contributed by atoms with van der Waals surface area (Å²) in [6.07, 6.45) is 7.74. The van der Waals surface area contributed by atoms with Crippen molar-refractivity contribution in [1.82, 2.24) is 20.6 Å². The lowest BCUT2D eigenvalue weighted by Crippen LogP contribution is -2.43. The molecule has 2 N–H and O–H groups in total. The van der Waals surface area contributed by atoms with Crippen LogP contribution in [0.25, 0.3) is 0 Å². The van der Waals surface area contributed by atoms with E-state index in [1.807, 2.05) is 5.01 Å². The van der Waals surface area contributed by atoms with Crippen molar-refractivity contribution in [2.24, 2.45) is 0 Å². The van der Waals surface area contributed by atoms with Gasteiger partial charge in [0.25, 0.3) is 5.91 Å². The van der Waals surface area contributed by atoms with Gasteiger partial charge in [0, 0.05) is 19.3 Å². The van der Waals surface area contributed by atoms with E-state index < -0.39 is 0 Å². The van der Waals surface area contributed by atoms with Crippen LogP contribution in [-0.4, -0.2) is 34.2 Å². The van der Waals surface area contributed by atoms with Crippen molar-refractivity contribution in [3.8, 4) is 0 Å². The molecule has 0 spiro atoms. The number of hydrogen-bond donors (Lipinski definition) is 2. The highest BCUT2D eigenvalue weighted by Crippen LogP contribution is 2.09. The average molecular weight is 259 g/mol. The molecule has 6 heteroatoms. The summed E-state index contributed by atoms with van der Waals surface area (Å²) >= 11 is 0. The van der Waals surface area contributed by atoms with Gasteiger partial charge in [-0.05, 0) is 18.9 Å². The van der Waals surface area contributed by atoms with Gasteiger partial charge in [-0.1, -0.05) is 19.3 Å². The van der Waals surface area contributed by atoms with E-state index in [-0.39, 0.29) is 18.3 Å². The highest BCUT2D eigenvalue weighted by molar-refractivity contribution is 5.91. The fourth-order valence-corrected chi connectivity index (χ4v) is 1.95. The minimum Gasteiger partial charge on any atom is -0.283 e. The number of halogens is 1. The third-order valence-corrected chi connectivity index (χ3v) is 2.86. The summed E-state index contributed by atoms with van der Waals surface area (Å²) in [5, 5.41) is 8.45. The van der Waals surface area contributed by atoms with Crippen molar-refractivity contribution in [3.63, 3.8) is 0 Å². The Labute approximate surface area is 107 Å². The van der Waals surface area contributed by atoms with E-state index in [1.165, 1.54) is 19.3 Å². The van der Waals surface area contributed by atoms with Crippen LogP contribution in [0.15, 0.2) is 12.3 Å². The molecule has 1 aromatic heterocycles. The Kier molecular flexibility index (Phi) is 6.00. The lowest BCUT2D eigenvalue weighted by atomic mass is 10.1. The van der Waals surface area contributed by atoms with Crippen molar-refractivity contribution in [3.05, 3.63) is 18.0 Å². The molecule has 0 aromatic carbocycles. The smallest absolute Gasteiger partial charge is 0.283 e. The number of rotatable bonds is 2. The molecule has 1 amide bonds. The van der Waals surface area contributed by atoms with Gasteiger partial charge in [0.2, 0.25) is 0 Å². The van der Waals surface area contributed by atoms with Crippen molar-refractivity contribution in [2.45, 2.75) is 32.1 Å². The minimum absolute atomic E-state index is 0. The summed E-state index contributed by atoms with van der Waals surface area (Å²) in [5.74, 6) is -0.0990. The molecule has 2 rings (SSSR count). The molecule has 96 valence electrons. The van der Waals surface area contributed by atoms with Crippen LogP contribution in [-0.2, 0) is 0 Å². The molecular weight excluding hydrogens is 240 g/mol. The lowest BCUT2D eigenvalue weighted by Gasteiger charge is -2.24. The van der Waals surface area contributed by atoms with Crippen molar-refractivity contribution in [1.29, 1.82) is 0 Å². The van der Waals surface area contributed by atoms with Crippen LogP contribution >= 0.6 is 12.4 Å². The first kappa shape index (κ1) is 14.0. The summed E-state index contributed by atoms with van der Waals surface area (Å²) < 4.78 is 0. The Morgan fingerprint density at radius 1 is 1.24 bits per heavy atom. The van der Waals surface area contributed by atoms with E-state index in [9.17, 15) is 4.79 Å². The largest absolute Gasteiger partial charge is 0.283 e. The summed E-state index contributed by atoms with van der Waals surface area (Å²) in [6, 6.07) is 1.68. The molecule has 2 heterocycles. The van der Waals surface area contributed by atoms with Gasteiger partial charge in [-0.15, -0.1) is 12.4 Å². The van der Waals surface area contributed by atoms with E-state index >= 15 is 0 Å². The summed E-state index contributed by atoms with van der Waals surface area (Å²) in [7, 11) is 0. The van der Waals surface area contributed by atoms with Gasteiger partial charge in [-0.2, -0.15) is 5.10 Å². The average Bonchev–Trinajstić information content (AvgIpc) is 2.74. The van der Waals surface area contributed by atoms with Gasteiger partial charge in [-0.25, -0.2) is 5.01 Å². The Morgan fingerprint density at radius 2 is 1.88 bits per heavy atom. The third-order valence-electron chi connectivity index (χ3n) is 2.86. The second kappa shape index (κ2) is 7.29. The first-order chi connectivity index (χ1) is 7.86. The first-order valence-electron chi connectivity index (χ1n) is 5.91. The molecule has 0 radical (unpaired) electrons. The topological polar surface area (TPSA) is 61.0 Å². The second-order valence-corrected chi connectivity index (χ2v) is 4.17. The number of nitrogens with one attached hydrogen (secondary N) is 2. The fourth-order valence-electron chi connectivity index (χ4n) is 1.95. The SMILES string of the molecule is Cl.O=C(NN1CCCCCCC1)c1ccn[nH]1. The fraction of sp³-hybridized carbons (Fsp3) is 0.636. The molecule has 0 atom stereocenters. The standard InChI is InChI=1S/C11H18N4O.ClH/c16-11(10-6-7-12-13-10)14-15-8-4-2-1-3-5-9-15;/h6-7H,1-5,8-9H2,(H,12,13)(H,14,16);1H. The van der Waals surface area contributed by atoms with Crippen LogP contribution in [0.5, 0.6) is 0 Å². The van der Waals surface area contributed by atoms with Crippen LogP contribution in [0, 0.1) is 0 Å². The monoisotopic (exact) mass is 258 g/mol. The number of nitrogens with zero attached hydrogens (tertiary/aromatic N) is 2. The Morgan fingerprint density at radius 3 is 2.47 bits per heavy atom. The zero-order valence-corrected chi connectivity index (χ0v) is 10.6. The molecule has 1 aromatic rings. The molecule has 1 aliphatic heterocycles. The normalized spacial score (nSPS) is 17.6. The Hall–Kier alpha value is -1.07. The molecule has 1 fully saturated rings. The van der Waals surface area contributed by atoms with Crippen molar-refractivity contribution >= 4 is 18.3 Å². The van der Waals surface area contributed by atoms with Crippen LogP contribution in [0.3, 0.4) is 0 Å². The van der Waals surface area contributed by atoms with Crippen LogP contribution in [0.1, 0.15) is 42.6 Å². The number of amides is 1. The Balaban J connectivity index is 0.00000144. The van der Waals surface area contributed by atoms with E-state index in [0.29, 0.717) is 5.69 Å². The number of carbonyl (C=O) groups excluding carboxylic acids is 1. The molecule has 0 aliphatic carbocycles. The van der Waals surface area contributed by atoms with E-state index in [4.69, 9.17) is 0 Å². The zero-order valence-electron chi connectivity index (χ0n) is 9.82. The second-order valence-electron chi connectivity index (χ2n) is 4.17. The number of aromatic nitrogens is 2. The number of carbonyl (C=O) groups is 1. The van der Waals surface area contributed by atoms with Gasteiger partial charge in [0.05, 0.1) is 0 Å². The predicted molar refractivity (Wildman–Crippen MR) is 68.0 cm³/mol. The van der Waals surface area contributed by atoms with Gasteiger partial charge in [-0.3, -0.25) is 15.3 Å². The molecule has 0 saturated carbocycles. The molecule has 1 aliphatic rings. The highest BCUT2D eigenvalue weighted by Gasteiger charge is 2.12. The van der Waals surface area contributed by atoms with Gasteiger partial charge < -0.3 is 0 Å². The van der Waals surface area contributed by atoms with Crippen LogP contribution < -0.4 is 5.43 Å². The number of H-pyrrole nitrogens is 1. The highest BCUT2D eigenvalue weighted by atomic mass is 35.5. The molecular formula is C11H19ClN4O. The predicted octanol–water partition coefficient (Wildman–Crippen LogP) is 1.74. The third kappa shape index (κ3) is 4.36. The number of hydrazine groups is 1. The molecule has 0 unspecified atom stereocenters. The van der Waals surface area contributed by atoms with E-state index in [0.717, 1.165) is 25.9 Å². The van der Waals surface area contributed by atoms with Crippen LogP contribution in [0.2, 0.25) is 0 Å². The zero-order chi connectivity index (χ0) is 11.2. The minimum atomic E-state index is -0.0990. The van der Waals surface area contributed by atoms with E-state index in [2.05, 4.69) is 15.6 Å². The number of hydrogen-bond acceptors (Lipinski definition) is 3. The molecule has 17 heavy (non-hydrogen) atoms. The van der Waals surface area contributed by atoms with Crippen molar-refractivity contribution in [2.75, 3.05) is 13.1 Å². The quantitative estimate of drug-likeness (QED) is 0.850. The summed E-state index contributed by atoms with van der Waals surface area (Å²) in [6.45, 7) is 1.89. The molecule has 5 nitrogen and oxygen atoms in total. The molecule has 1 saturated heterocycles.